The van der Waals surface area contributed by atoms with Crippen molar-refractivity contribution in [3.63, 3.8) is 0 Å². The zero-order valence-corrected chi connectivity index (χ0v) is 12.5. The molecule has 0 aliphatic heterocycles. The van der Waals surface area contributed by atoms with E-state index in [1.54, 1.807) is 0 Å². The molecule has 18 heavy (non-hydrogen) atoms. The summed E-state index contributed by atoms with van der Waals surface area (Å²) in [5.74, 6) is 1.46. The van der Waals surface area contributed by atoms with Crippen molar-refractivity contribution in [3.8, 4) is 0 Å². The Morgan fingerprint density at radius 3 is 2.33 bits per heavy atom. The molecule has 0 aliphatic rings. The summed E-state index contributed by atoms with van der Waals surface area (Å²) in [5.41, 5.74) is 2.84. The van der Waals surface area contributed by atoms with Crippen LogP contribution in [0.5, 0.6) is 0 Å². The van der Waals surface area contributed by atoms with Gasteiger partial charge in [-0.3, -0.25) is 0 Å². The van der Waals surface area contributed by atoms with Crippen LogP contribution in [0.3, 0.4) is 0 Å². The first-order valence-electron chi connectivity index (χ1n) is 7.44. The van der Waals surface area contributed by atoms with E-state index in [9.17, 15) is 0 Å². The summed E-state index contributed by atoms with van der Waals surface area (Å²) in [4.78, 5) is 0. The summed E-state index contributed by atoms with van der Waals surface area (Å²) in [5, 5.41) is 3.58. The Hall–Kier alpha value is -0.820. The molecule has 0 aromatic heterocycles. The van der Waals surface area contributed by atoms with Crippen LogP contribution in [0.15, 0.2) is 24.3 Å². The molecule has 1 heteroatoms. The van der Waals surface area contributed by atoms with Crippen molar-refractivity contribution in [2.45, 2.75) is 52.9 Å². The second kappa shape index (κ2) is 8.31. The number of nitrogens with one attached hydrogen (secondary N) is 1. The van der Waals surface area contributed by atoms with Crippen LogP contribution in [0.2, 0.25) is 0 Å². The molecular formula is C17H29N. The van der Waals surface area contributed by atoms with Crippen molar-refractivity contribution >= 4 is 0 Å². The van der Waals surface area contributed by atoms with E-state index in [0.29, 0.717) is 5.92 Å². The van der Waals surface area contributed by atoms with Crippen LogP contribution in [0.1, 0.15) is 57.1 Å². The van der Waals surface area contributed by atoms with E-state index in [1.807, 2.05) is 0 Å². The van der Waals surface area contributed by atoms with Crippen LogP contribution in [0.25, 0.3) is 0 Å². The molecule has 1 N–H and O–H groups in total. The number of benzene rings is 1. The third-order valence-corrected chi connectivity index (χ3v) is 3.75. The smallest absolute Gasteiger partial charge is 0.00202 e. The molecule has 0 bridgehead atoms. The molecule has 1 rings (SSSR count). The summed E-state index contributed by atoms with van der Waals surface area (Å²) in [6.45, 7) is 11.3. The highest BCUT2D eigenvalue weighted by Crippen LogP contribution is 2.25. The lowest BCUT2D eigenvalue weighted by atomic mass is 9.88. The summed E-state index contributed by atoms with van der Waals surface area (Å²) in [6, 6.07) is 9.07. The van der Waals surface area contributed by atoms with Gasteiger partial charge in [0.15, 0.2) is 0 Å². The summed E-state index contributed by atoms with van der Waals surface area (Å²) in [6.07, 6.45) is 3.77. The average molecular weight is 247 g/mol. The van der Waals surface area contributed by atoms with E-state index in [0.717, 1.165) is 19.0 Å². The second-order valence-corrected chi connectivity index (χ2v) is 5.56. The maximum atomic E-state index is 3.58. The van der Waals surface area contributed by atoms with Gasteiger partial charge in [0.05, 0.1) is 0 Å². The van der Waals surface area contributed by atoms with Crippen LogP contribution < -0.4 is 5.32 Å². The summed E-state index contributed by atoms with van der Waals surface area (Å²) >= 11 is 0. The average Bonchev–Trinajstić information content (AvgIpc) is 2.38. The van der Waals surface area contributed by atoms with Gasteiger partial charge in [0.2, 0.25) is 0 Å². The van der Waals surface area contributed by atoms with E-state index in [1.165, 1.54) is 30.4 Å². The molecule has 0 saturated heterocycles. The Bertz CT molecular complexity index is 315. The third-order valence-electron chi connectivity index (χ3n) is 3.75. The monoisotopic (exact) mass is 247 g/mol. The maximum Gasteiger partial charge on any atom is 0.00202 e. The Morgan fingerprint density at radius 2 is 1.78 bits per heavy atom. The van der Waals surface area contributed by atoms with E-state index in [4.69, 9.17) is 0 Å². The standard InChI is InChI=1S/C17H29N/c1-5-11-18-13-17(12-14(3)6-2)16-9-7-15(4)8-10-16/h7-10,14,17-18H,5-6,11-13H2,1-4H3. The van der Waals surface area contributed by atoms with Gasteiger partial charge < -0.3 is 5.32 Å². The molecule has 2 atom stereocenters. The van der Waals surface area contributed by atoms with E-state index in [2.05, 4.69) is 57.3 Å². The Morgan fingerprint density at radius 1 is 1.11 bits per heavy atom. The zero-order valence-electron chi connectivity index (χ0n) is 12.5. The largest absolute Gasteiger partial charge is 0.316 e. The first-order valence-corrected chi connectivity index (χ1v) is 7.44. The van der Waals surface area contributed by atoms with Gasteiger partial charge in [0, 0.05) is 6.54 Å². The Kier molecular flexibility index (Phi) is 7.04. The lowest BCUT2D eigenvalue weighted by Crippen LogP contribution is -2.23. The highest BCUT2D eigenvalue weighted by atomic mass is 14.8. The van der Waals surface area contributed by atoms with Crippen molar-refractivity contribution < 1.29 is 0 Å². The molecule has 1 aromatic rings. The summed E-state index contributed by atoms with van der Waals surface area (Å²) < 4.78 is 0. The molecule has 1 nitrogen and oxygen atoms in total. The van der Waals surface area contributed by atoms with Crippen LogP contribution in [-0.2, 0) is 0 Å². The van der Waals surface area contributed by atoms with Crippen molar-refractivity contribution in [3.05, 3.63) is 35.4 Å². The van der Waals surface area contributed by atoms with Crippen molar-refractivity contribution in [1.82, 2.24) is 5.32 Å². The zero-order chi connectivity index (χ0) is 13.4. The molecule has 2 unspecified atom stereocenters. The van der Waals surface area contributed by atoms with Gasteiger partial charge in [-0.25, -0.2) is 0 Å². The molecule has 0 spiro atoms. The fraction of sp³-hybridized carbons (Fsp3) is 0.647. The quantitative estimate of drug-likeness (QED) is 0.666. The van der Waals surface area contributed by atoms with Crippen LogP contribution in [0.4, 0.5) is 0 Å². The molecule has 0 radical (unpaired) electrons. The minimum absolute atomic E-state index is 0.659. The Labute approximate surface area is 113 Å². The van der Waals surface area contributed by atoms with Gasteiger partial charge in [0.25, 0.3) is 0 Å². The van der Waals surface area contributed by atoms with Gasteiger partial charge >= 0.3 is 0 Å². The van der Waals surface area contributed by atoms with Gasteiger partial charge in [-0.15, -0.1) is 0 Å². The lowest BCUT2D eigenvalue weighted by molar-refractivity contribution is 0.436. The topological polar surface area (TPSA) is 12.0 Å². The van der Waals surface area contributed by atoms with E-state index >= 15 is 0 Å². The maximum absolute atomic E-state index is 3.58. The number of rotatable bonds is 8. The molecule has 1 aromatic carbocycles. The molecule has 0 heterocycles. The lowest BCUT2D eigenvalue weighted by Gasteiger charge is -2.21. The van der Waals surface area contributed by atoms with Crippen LogP contribution in [-0.4, -0.2) is 13.1 Å². The van der Waals surface area contributed by atoms with Crippen LogP contribution >= 0.6 is 0 Å². The minimum Gasteiger partial charge on any atom is -0.316 e. The molecular weight excluding hydrogens is 218 g/mol. The van der Waals surface area contributed by atoms with Crippen LogP contribution in [0, 0.1) is 12.8 Å². The Balaban J connectivity index is 2.66. The van der Waals surface area contributed by atoms with E-state index < -0.39 is 0 Å². The molecule has 102 valence electrons. The third kappa shape index (κ3) is 5.22. The number of aryl methyl sites for hydroxylation is 1. The molecule has 0 aliphatic carbocycles. The first-order chi connectivity index (χ1) is 8.67. The normalized spacial score (nSPS) is 14.4. The van der Waals surface area contributed by atoms with Gasteiger partial charge in [-0.2, -0.15) is 0 Å². The minimum atomic E-state index is 0.659. The molecule has 0 amide bonds. The SMILES string of the molecule is CCCNCC(CC(C)CC)c1ccc(C)cc1. The van der Waals surface area contributed by atoms with Gasteiger partial charge in [-0.1, -0.05) is 57.0 Å². The molecule has 0 fully saturated rings. The van der Waals surface area contributed by atoms with Crippen molar-refractivity contribution in [1.29, 1.82) is 0 Å². The number of hydrogen-bond acceptors (Lipinski definition) is 1. The summed E-state index contributed by atoms with van der Waals surface area (Å²) in [7, 11) is 0. The second-order valence-electron chi connectivity index (χ2n) is 5.56. The van der Waals surface area contributed by atoms with Crippen molar-refractivity contribution in [2.24, 2.45) is 5.92 Å². The predicted molar refractivity (Wildman–Crippen MR) is 81.2 cm³/mol. The first kappa shape index (κ1) is 15.2. The van der Waals surface area contributed by atoms with Crippen molar-refractivity contribution in [2.75, 3.05) is 13.1 Å². The molecule has 0 saturated carbocycles. The highest BCUT2D eigenvalue weighted by Gasteiger charge is 2.14. The van der Waals surface area contributed by atoms with E-state index in [-0.39, 0.29) is 0 Å². The number of hydrogen-bond donors (Lipinski definition) is 1. The fourth-order valence-corrected chi connectivity index (χ4v) is 2.28. The van der Waals surface area contributed by atoms with Gasteiger partial charge in [0.1, 0.15) is 0 Å². The van der Waals surface area contributed by atoms with Gasteiger partial charge in [-0.05, 0) is 43.7 Å². The highest BCUT2D eigenvalue weighted by molar-refractivity contribution is 5.24. The fourth-order valence-electron chi connectivity index (χ4n) is 2.28. The predicted octanol–water partition coefficient (Wildman–Crippen LogP) is 4.51.